The van der Waals surface area contributed by atoms with Gasteiger partial charge in [0.25, 0.3) is 0 Å². The summed E-state index contributed by atoms with van der Waals surface area (Å²) in [4.78, 5) is 9.08. The Bertz CT molecular complexity index is 934. The van der Waals surface area contributed by atoms with Crippen LogP contribution in [-0.2, 0) is 0 Å². The van der Waals surface area contributed by atoms with E-state index in [0.29, 0.717) is 0 Å². The van der Waals surface area contributed by atoms with Crippen molar-refractivity contribution in [1.29, 1.82) is 0 Å². The minimum absolute atomic E-state index is 0.0711. The number of hydrogen-bond acceptors (Lipinski definition) is 5. The number of piperidine rings is 1. The first-order valence-electron chi connectivity index (χ1n) is 10.1. The summed E-state index contributed by atoms with van der Waals surface area (Å²) in [5.41, 5.74) is 9.74. The molecule has 0 amide bonds. The molecule has 2 N–H and O–H groups in total. The molecule has 6 heteroatoms. The van der Waals surface area contributed by atoms with E-state index in [-0.39, 0.29) is 12.3 Å². The van der Waals surface area contributed by atoms with Crippen molar-refractivity contribution in [2.24, 2.45) is 4.99 Å². The number of anilines is 3. The summed E-state index contributed by atoms with van der Waals surface area (Å²) in [5.74, 6) is 0.840. The number of benzene rings is 2. The van der Waals surface area contributed by atoms with Crippen molar-refractivity contribution < 1.29 is 4.74 Å². The summed E-state index contributed by atoms with van der Waals surface area (Å²) in [6.45, 7) is 5.92. The maximum atomic E-state index is 6.67. The van der Waals surface area contributed by atoms with Crippen molar-refractivity contribution in [3.05, 3.63) is 59.8 Å². The number of halogens is 1. The van der Waals surface area contributed by atoms with E-state index >= 15 is 0 Å². The molecule has 2 aromatic rings. The summed E-state index contributed by atoms with van der Waals surface area (Å²) in [7, 11) is 0. The lowest BCUT2D eigenvalue weighted by atomic mass is 10.1. The van der Waals surface area contributed by atoms with E-state index < -0.39 is 0 Å². The van der Waals surface area contributed by atoms with Gasteiger partial charge < -0.3 is 20.3 Å². The lowest BCUT2D eigenvalue weighted by molar-refractivity contribution is 0.171. The zero-order valence-electron chi connectivity index (χ0n) is 16.9. The number of hydrogen-bond donors (Lipinski definition) is 1. The third-order valence-corrected chi connectivity index (χ3v) is 5.75. The van der Waals surface area contributed by atoms with E-state index in [0.717, 1.165) is 59.5 Å². The van der Waals surface area contributed by atoms with Crippen molar-refractivity contribution in [2.75, 3.05) is 28.6 Å². The molecule has 0 aliphatic carbocycles. The molecule has 2 heterocycles. The van der Waals surface area contributed by atoms with Crippen molar-refractivity contribution in [3.63, 3.8) is 0 Å². The third-order valence-electron chi connectivity index (χ3n) is 5.44. The highest BCUT2D eigenvalue weighted by molar-refractivity contribution is 6.33. The highest BCUT2D eigenvalue weighted by atomic mass is 35.5. The van der Waals surface area contributed by atoms with Crippen LogP contribution in [0.5, 0.6) is 5.75 Å². The molecule has 0 radical (unpaired) electrons. The van der Waals surface area contributed by atoms with Crippen LogP contribution in [0.4, 0.5) is 17.1 Å². The van der Waals surface area contributed by atoms with Crippen LogP contribution < -0.4 is 20.3 Å². The van der Waals surface area contributed by atoms with Crippen molar-refractivity contribution in [3.8, 4) is 5.75 Å². The van der Waals surface area contributed by atoms with Crippen LogP contribution in [0.25, 0.3) is 0 Å². The number of aliphatic imine (C=N–C) groups is 1. The molecule has 1 fully saturated rings. The van der Waals surface area contributed by atoms with Crippen LogP contribution in [0.2, 0.25) is 5.02 Å². The second-order valence-corrected chi connectivity index (χ2v) is 8.05. The SMILES string of the molecule is CC1=NC(C)N(c2ccc(N3CCC(Oc4cccc(N)c4)CC3)c(Cl)c2)C=C1. The van der Waals surface area contributed by atoms with Crippen LogP contribution in [0.3, 0.4) is 0 Å². The molecule has 1 unspecified atom stereocenters. The summed E-state index contributed by atoms with van der Waals surface area (Å²) >= 11 is 6.67. The smallest absolute Gasteiger partial charge is 0.122 e. The van der Waals surface area contributed by atoms with Crippen LogP contribution >= 0.6 is 11.6 Å². The predicted molar refractivity (Wildman–Crippen MR) is 122 cm³/mol. The van der Waals surface area contributed by atoms with E-state index in [1.54, 1.807) is 0 Å². The van der Waals surface area contributed by atoms with Crippen LogP contribution in [0, 0.1) is 0 Å². The molecule has 1 saturated heterocycles. The van der Waals surface area contributed by atoms with Gasteiger partial charge in [-0.05, 0) is 50.3 Å². The number of nitrogens with two attached hydrogens (primary N) is 1. The third kappa shape index (κ3) is 4.51. The van der Waals surface area contributed by atoms with Gasteiger partial charge in [-0.15, -0.1) is 0 Å². The average molecular weight is 411 g/mol. The minimum Gasteiger partial charge on any atom is -0.490 e. The summed E-state index contributed by atoms with van der Waals surface area (Å²) < 4.78 is 6.10. The van der Waals surface area contributed by atoms with Crippen molar-refractivity contribution in [1.82, 2.24) is 0 Å². The molecule has 152 valence electrons. The normalized spacial score (nSPS) is 20.0. The lowest BCUT2D eigenvalue weighted by Gasteiger charge is -2.35. The second-order valence-electron chi connectivity index (χ2n) is 7.64. The molecule has 1 atom stereocenters. The molecule has 5 nitrogen and oxygen atoms in total. The largest absolute Gasteiger partial charge is 0.490 e. The predicted octanol–water partition coefficient (Wildman–Crippen LogP) is 5.11. The second kappa shape index (κ2) is 8.37. The average Bonchev–Trinajstić information content (AvgIpc) is 2.69. The molecule has 0 spiro atoms. The van der Waals surface area contributed by atoms with Gasteiger partial charge in [0.15, 0.2) is 0 Å². The number of nitrogen functional groups attached to an aromatic ring is 1. The van der Waals surface area contributed by atoms with Gasteiger partial charge in [0.1, 0.15) is 18.0 Å². The van der Waals surface area contributed by atoms with E-state index in [9.17, 15) is 0 Å². The molecule has 2 aliphatic rings. The van der Waals surface area contributed by atoms with Gasteiger partial charge in [-0.3, -0.25) is 4.99 Å². The lowest BCUT2D eigenvalue weighted by Crippen LogP contribution is -2.38. The summed E-state index contributed by atoms with van der Waals surface area (Å²) in [6.07, 6.45) is 6.26. The quantitative estimate of drug-likeness (QED) is 0.711. The van der Waals surface area contributed by atoms with Gasteiger partial charge in [0, 0.05) is 55.3 Å². The topological polar surface area (TPSA) is 54.1 Å². The van der Waals surface area contributed by atoms with Gasteiger partial charge in [-0.2, -0.15) is 0 Å². The zero-order chi connectivity index (χ0) is 20.4. The number of ether oxygens (including phenoxy) is 1. The number of allylic oxidation sites excluding steroid dienone is 1. The Morgan fingerprint density at radius 2 is 1.93 bits per heavy atom. The van der Waals surface area contributed by atoms with Crippen LogP contribution in [0.1, 0.15) is 26.7 Å². The van der Waals surface area contributed by atoms with Crippen LogP contribution in [-0.4, -0.2) is 31.1 Å². The molecule has 4 rings (SSSR count). The van der Waals surface area contributed by atoms with Crippen LogP contribution in [0.15, 0.2) is 59.7 Å². The Morgan fingerprint density at radius 3 is 2.62 bits per heavy atom. The van der Waals surface area contributed by atoms with E-state index in [1.807, 2.05) is 43.3 Å². The summed E-state index contributed by atoms with van der Waals surface area (Å²) in [5, 5.41) is 0.768. The maximum absolute atomic E-state index is 6.67. The highest BCUT2D eigenvalue weighted by Crippen LogP contribution is 2.34. The van der Waals surface area contributed by atoms with E-state index in [4.69, 9.17) is 22.1 Å². The van der Waals surface area contributed by atoms with Gasteiger partial charge in [-0.25, -0.2) is 0 Å². The standard InChI is InChI=1S/C23H27ClN4O/c1-16-8-13-28(17(2)26-16)19-6-7-23(22(24)15-19)27-11-9-20(10-12-27)29-21-5-3-4-18(25)14-21/h3-8,13-15,17,20H,9-12,25H2,1-2H3. The zero-order valence-corrected chi connectivity index (χ0v) is 17.6. The Kier molecular flexibility index (Phi) is 5.67. The van der Waals surface area contributed by atoms with Gasteiger partial charge in [0.2, 0.25) is 0 Å². The molecule has 0 aromatic heterocycles. The fourth-order valence-corrected chi connectivity index (χ4v) is 4.22. The molecule has 0 saturated carbocycles. The first kappa shape index (κ1) is 19.6. The molecule has 2 aliphatic heterocycles. The molecular formula is C23H27ClN4O. The Balaban J connectivity index is 1.39. The minimum atomic E-state index is 0.0711. The first-order chi connectivity index (χ1) is 14.0. The van der Waals surface area contributed by atoms with Crippen molar-refractivity contribution in [2.45, 2.75) is 39.0 Å². The van der Waals surface area contributed by atoms with Gasteiger partial charge in [0.05, 0.1) is 10.7 Å². The molecular weight excluding hydrogens is 384 g/mol. The molecule has 0 bridgehead atoms. The number of nitrogens with zero attached hydrogens (tertiary/aromatic N) is 3. The fourth-order valence-electron chi connectivity index (χ4n) is 3.92. The Morgan fingerprint density at radius 1 is 1.14 bits per heavy atom. The molecule has 2 aromatic carbocycles. The van der Waals surface area contributed by atoms with Gasteiger partial charge >= 0.3 is 0 Å². The first-order valence-corrected chi connectivity index (χ1v) is 10.4. The Hall–Kier alpha value is -2.66. The monoisotopic (exact) mass is 410 g/mol. The van der Waals surface area contributed by atoms with Crippen molar-refractivity contribution >= 4 is 34.4 Å². The van der Waals surface area contributed by atoms with E-state index in [2.05, 4.69) is 40.0 Å². The highest BCUT2D eigenvalue weighted by Gasteiger charge is 2.23. The van der Waals surface area contributed by atoms with E-state index in [1.165, 1.54) is 0 Å². The van der Waals surface area contributed by atoms with Gasteiger partial charge in [-0.1, -0.05) is 17.7 Å². The fraction of sp³-hybridized carbons (Fsp3) is 0.348. The maximum Gasteiger partial charge on any atom is 0.122 e. The number of rotatable bonds is 4. The Labute approximate surface area is 177 Å². The summed E-state index contributed by atoms with van der Waals surface area (Å²) in [6, 6.07) is 13.9. The molecule has 29 heavy (non-hydrogen) atoms.